The van der Waals surface area contributed by atoms with Gasteiger partial charge in [0.25, 0.3) is 0 Å². The number of aliphatic hydroxyl groups is 1. The third-order valence-corrected chi connectivity index (χ3v) is 9.06. The van der Waals surface area contributed by atoms with Crippen LogP contribution in [-0.4, -0.2) is 73.2 Å². The van der Waals surface area contributed by atoms with E-state index in [0.717, 1.165) is 32.1 Å². The van der Waals surface area contributed by atoms with E-state index in [1.54, 1.807) is 20.8 Å². The number of hydrogen-bond acceptors (Lipinski definition) is 6. The summed E-state index contributed by atoms with van der Waals surface area (Å²) >= 11 is 0. The second kappa shape index (κ2) is 9.41. The summed E-state index contributed by atoms with van der Waals surface area (Å²) in [5.74, 6) is -0.623. The van der Waals surface area contributed by atoms with Crippen LogP contribution in [0.25, 0.3) is 0 Å². The van der Waals surface area contributed by atoms with E-state index in [1.165, 1.54) is 0 Å². The van der Waals surface area contributed by atoms with Gasteiger partial charge in [-0.15, -0.1) is 0 Å². The van der Waals surface area contributed by atoms with Gasteiger partial charge in [0.05, 0.1) is 19.6 Å². The van der Waals surface area contributed by atoms with Crippen LogP contribution in [-0.2, 0) is 24.3 Å². The van der Waals surface area contributed by atoms with E-state index in [9.17, 15) is 13.2 Å². The minimum Gasteiger partial charge on any atom is -0.459 e. The molecule has 0 spiro atoms. The standard InChI is InChI=1S/C20H38NO6S/c1-19(2,3)27-18(23)20(10-16-26-17-11-20)28(24,25)21(12-6-4-7-13-21)14-8-5-9-15-22/h22H,4-17H2,1-3H3/q+1. The normalized spacial score (nSPS) is 22.6. The maximum absolute atomic E-state index is 14.1. The van der Waals surface area contributed by atoms with Crippen molar-refractivity contribution in [3.63, 3.8) is 0 Å². The maximum Gasteiger partial charge on any atom is 0.334 e. The molecule has 2 rings (SSSR count). The first-order chi connectivity index (χ1) is 13.1. The Bertz CT molecular complexity index is 613. The molecule has 0 aromatic carbocycles. The van der Waals surface area contributed by atoms with Gasteiger partial charge >= 0.3 is 16.0 Å². The monoisotopic (exact) mass is 420 g/mol. The third kappa shape index (κ3) is 4.89. The number of piperidine rings is 1. The lowest BCUT2D eigenvalue weighted by atomic mass is 9.99. The molecule has 2 heterocycles. The van der Waals surface area contributed by atoms with Crippen LogP contribution in [0, 0.1) is 0 Å². The first-order valence-electron chi connectivity index (χ1n) is 10.6. The highest BCUT2D eigenvalue weighted by Gasteiger charge is 2.63. The van der Waals surface area contributed by atoms with Crippen molar-refractivity contribution in [1.29, 1.82) is 0 Å². The van der Waals surface area contributed by atoms with Crippen LogP contribution in [0.3, 0.4) is 0 Å². The lowest BCUT2D eigenvalue weighted by Gasteiger charge is -2.46. The average Bonchev–Trinajstić information content (AvgIpc) is 2.65. The van der Waals surface area contributed by atoms with Crippen molar-refractivity contribution in [3.8, 4) is 0 Å². The maximum atomic E-state index is 14.1. The highest BCUT2D eigenvalue weighted by atomic mass is 32.2. The van der Waals surface area contributed by atoms with E-state index < -0.39 is 26.3 Å². The fourth-order valence-electron chi connectivity index (χ4n) is 4.37. The van der Waals surface area contributed by atoms with Crippen molar-refractivity contribution in [2.24, 2.45) is 0 Å². The van der Waals surface area contributed by atoms with E-state index in [2.05, 4.69) is 0 Å². The Balaban J connectivity index is 2.40. The molecule has 0 aliphatic carbocycles. The van der Waals surface area contributed by atoms with Gasteiger partial charge in [0, 0.05) is 32.7 Å². The Morgan fingerprint density at radius 3 is 2.21 bits per heavy atom. The minimum atomic E-state index is -3.85. The van der Waals surface area contributed by atoms with Gasteiger partial charge in [-0.25, -0.2) is 3.89 Å². The van der Waals surface area contributed by atoms with Crippen molar-refractivity contribution in [1.82, 2.24) is 0 Å². The summed E-state index contributed by atoms with van der Waals surface area (Å²) < 4.78 is 37.8. The molecular formula is C20H38NO6S+. The molecule has 8 heteroatoms. The van der Waals surface area contributed by atoms with Gasteiger partial charge < -0.3 is 14.6 Å². The summed E-state index contributed by atoms with van der Waals surface area (Å²) in [7, 11) is -3.85. The number of esters is 1. The third-order valence-electron chi connectivity index (χ3n) is 5.93. The Kier molecular flexibility index (Phi) is 7.92. The number of quaternary nitrogens is 1. The number of aliphatic hydroxyl groups excluding tert-OH is 1. The van der Waals surface area contributed by atoms with Gasteiger partial charge in [-0.2, -0.15) is 8.42 Å². The van der Waals surface area contributed by atoms with Gasteiger partial charge in [0.1, 0.15) is 5.60 Å². The van der Waals surface area contributed by atoms with Crippen LogP contribution in [0.1, 0.15) is 72.1 Å². The topological polar surface area (TPSA) is 89.9 Å². The molecule has 1 N–H and O–H groups in total. The predicted octanol–water partition coefficient (Wildman–Crippen LogP) is 2.37. The molecular weight excluding hydrogens is 382 g/mol. The Morgan fingerprint density at radius 2 is 1.68 bits per heavy atom. The van der Waals surface area contributed by atoms with Gasteiger partial charge in [-0.1, -0.05) is 0 Å². The van der Waals surface area contributed by atoms with Gasteiger partial charge in [0.2, 0.25) is 4.75 Å². The molecule has 0 unspecified atom stereocenters. The Labute approximate surface area is 170 Å². The number of hydrogen-bond donors (Lipinski definition) is 1. The van der Waals surface area contributed by atoms with Crippen molar-refractivity contribution >= 4 is 16.0 Å². The largest absolute Gasteiger partial charge is 0.459 e. The molecule has 0 aromatic heterocycles. The van der Waals surface area contributed by atoms with Crippen LogP contribution in [0.5, 0.6) is 0 Å². The number of carbonyl (C=O) groups excluding carboxylic acids is 1. The van der Waals surface area contributed by atoms with E-state index >= 15 is 0 Å². The molecule has 2 saturated heterocycles. The summed E-state index contributed by atoms with van der Waals surface area (Å²) in [5.41, 5.74) is -0.744. The van der Waals surface area contributed by atoms with Crippen LogP contribution in [0.15, 0.2) is 0 Å². The predicted molar refractivity (Wildman–Crippen MR) is 107 cm³/mol. The quantitative estimate of drug-likeness (QED) is 0.368. The Morgan fingerprint density at radius 1 is 1.07 bits per heavy atom. The molecule has 2 fully saturated rings. The molecule has 0 aromatic rings. The number of rotatable bonds is 8. The molecule has 0 bridgehead atoms. The average molecular weight is 421 g/mol. The van der Waals surface area contributed by atoms with Gasteiger partial charge in [-0.3, -0.25) is 4.79 Å². The van der Waals surface area contributed by atoms with Crippen LogP contribution in [0.4, 0.5) is 0 Å². The molecule has 0 amide bonds. The first kappa shape index (κ1) is 23.6. The fraction of sp³-hybridized carbons (Fsp3) is 0.950. The van der Waals surface area contributed by atoms with E-state index in [4.69, 9.17) is 14.6 Å². The van der Waals surface area contributed by atoms with Crippen molar-refractivity contribution in [3.05, 3.63) is 0 Å². The minimum absolute atomic E-state index is 0.0301. The van der Waals surface area contributed by atoms with Crippen molar-refractivity contribution in [2.75, 3.05) is 39.5 Å². The van der Waals surface area contributed by atoms with Gasteiger partial charge in [0.15, 0.2) is 0 Å². The van der Waals surface area contributed by atoms with E-state index in [-0.39, 0.29) is 36.6 Å². The summed E-state index contributed by atoms with van der Waals surface area (Å²) in [5, 5.41) is 9.05. The molecule has 2 aliphatic heterocycles. The molecule has 164 valence electrons. The lowest BCUT2D eigenvalue weighted by molar-refractivity contribution is -0.813. The van der Waals surface area contributed by atoms with Crippen LogP contribution >= 0.6 is 0 Å². The fourth-order valence-corrected chi connectivity index (χ4v) is 7.16. The summed E-state index contributed by atoms with van der Waals surface area (Å²) in [4.78, 5) is 13.2. The van der Waals surface area contributed by atoms with Crippen LogP contribution in [0.2, 0.25) is 0 Å². The first-order valence-corrected chi connectivity index (χ1v) is 12.1. The number of likely N-dealkylation sites (tertiary alicyclic amines) is 1. The smallest absolute Gasteiger partial charge is 0.334 e. The molecule has 0 saturated carbocycles. The SMILES string of the molecule is CC(C)(C)OC(=O)C1(S(=O)(=O)[N+]2(CCCCCO)CCCCC2)CCOCC1. The zero-order chi connectivity index (χ0) is 20.9. The second-order valence-electron chi connectivity index (χ2n) is 9.16. The van der Waals surface area contributed by atoms with Crippen molar-refractivity contribution < 1.29 is 31.7 Å². The molecule has 0 atom stereocenters. The zero-order valence-corrected chi connectivity index (χ0v) is 18.6. The molecule has 2 aliphatic rings. The highest BCUT2D eigenvalue weighted by molar-refractivity contribution is 7.88. The summed E-state index contributed by atoms with van der Waals surface area (Å²) in [6, 6.07) is 0. The number of nitrogens with zero attached hydrogens (tertiary/aromatic N) is 1. The van der Waals surface area contributed by atoms with Crippen LogP contribution < -0.4 is 0 Å². The van der Waals surface area contributed by atoms with Gasteiger partial charge in [-0.05, 0) is 59.3 Å². The van der Waals surface area contributed by atoms with E-state index in [1.807, 2.05) is 0 Å². The summed E-state index contributed by atoms with van der Waals surface area (Å²) in [6.07, 6.45) is 5.21. The molecule has 0 radical (unpaired) electrons. The second-order valence-corrected chi connectivity index (χ2v) is 11.7. The molecule has 28 heavy (non-hydrogen) atoms. The number of ether oxygens (including phenoxy) is 2. The number of unbranched alkanes of at least 4 members (excludes halogenated alkanes) is 2. The highest BCUT2D eigenvalue weighted by Crippen LogP contribution is 2.40. The number of sulfonamides is 1. The Hall–Kier alpha value is -0.700. The number of carbonyl (C=O) groups is 1. The lowest BCUT2D eigenvalue weighted by Crippen LogP contribution is -2.67. The van der Waals surface area contributed by atoms with E-state index in [0.29, 0.717) is 26.1 Å². The molecule has 7 nitrogen and oxygen atoms in total. The summed E-state index contributed by atoms with van der Waals surface area (Å²) in [6.45, 7) is 7.52. The zero-order valence-electron chi connectivity index (χ0n) is 17.7. The van der Waals surface area contributed by atoms with Crippen molar-refractivity contribution in [2.45, 2.75) is 82.5 Å².